The fourth-order valence-electron chi connectivity index (χ4n) is 3.81. The van der Waals surface area contributed by atoms with Gasteiger partial charge in [0.1, 0.15) is 6.61 Å². The Balaban J connectivity index is 1.61. The number of nitrogens with zero attached hydrogens (tertiary/aromatic N) is 3. The van der Waals surface area contributed by atoms with Crippen LogP contribution < -0.4 is 21.7 Å². The Morgan fingerprint density at radius 2 is 2.12 bits per heavy atom. The van der Waals surface area contributed by atoms with Crippen LogP contribution in [-0.4, -0.2) is 59.3 Å². The van der Waals surface area contributed by atoms with Crippen LogP contribution in [0.1, 0.15) is 23.0 Å². The van der Waals surface area contributed by atoms with Crippen molar-refractivity contribution in [3.8, 4) is 11.1 Å². The minimum absolute atomic E-state index is 0.0156. The van der Waals surface area contributed by atoms with Crippen LogP contribution in [0.4, 0.5) is 5.69 Å². The Labute approximate surface area is 185 Å². The Morgan fingerprint density at radius 3 is 2.78 bits per heavy atom. The quantitative estimate of drug-likeness (QED) is 0.409. The molecule has 0 saturated carbocycles. The number of rotatable bonds is 8. The number of hydrogen-bond acceptors (Lipinski definition) is 7. The average Bonchev–Trinajstić information content (AvgIpc) is 3.39. The predicted molar refractivity (Wildman–Crippen MR) is 120 cm³/mol. The fourth-order valence-corrected chi connectivity index (χ4v) is 3.81. The largest absolute Gasteiger partial charge is 0.378 e. The second-order valence-electron chi connectivity index (χ2n) is 7.99. The molecular formula is C22H27N7O3. The molecule has 0 aliphatic carbocycles. The first kappa shape index (κ1) is 21.7. The van der Waals surface area contributed by atoms with Crippen LogP contribution >= 0.6 is 0 Å². The van der Waals surface area contributed by atoms with Crippen molar-refractivity contribution < 1.29 is 14.3 Å². The van der Waals surface area contributed by atoms with E-state index in [-0.39, 0.29) is 18.6 Å². The molecule has 10 heteroatoms. The lowest BCUT2D eigenvalue weighted by Gasteiger charge is -2.20. The normalized spacial score (nSPS) is 18.1. The zero-order chi connectivity index (χ0) is 22.7. The standard InChI is InChI=1S/C22H27N7O3/c1-13-6-24-10-18(13)28-21-17(22(23)31)9-27-29-11-15(5-19(21)29)14-3-4-16(25-7-14)8-26-20(30)12-32-2/h3-5,7,9,11,13,18,24,28H,6,8,10,12H2,1-2H3,(H2,23,31)(H,26,30)/t13-,18+/m0/s1. The summed E-state index contributed by atoms with van der Waals surface area (Å²) in [5, 5.41) is 14.0. The molecule has 4 heterocycles. The molecule has 0 bridgehead atoms. The van der Waals surface area contributed by atoms with Gasteiger partial charge in [-0.2, -0.15) is 5.10 Å². The highest BCUT2D eigenvalue weighted by Gasteiger charge is 2.25. The molecule has 0 radical (unpaired) electrons. The number of methoxy groups -OCH3 is 1. The first-order valence-corrected chi connectivity index (χ1v) is 10.5. The van der Waals surface area contributed by atoms with E-state index in [2.05, 4.69) is 33.0 Å². The van der Waals surface area contributed by atoms with E-state index in [0.717, 1.165) is 35.4 Å². The number of fused-ring (bicyclic) bond motifs is 1. The van der Waals surface area contributed by atoms with E-state index in [4.69, 9.17) is 10.5 Å². The van der Waals surface area contributed by atoms with Crippen molar-refractivity contribution in [2.24, 2.45) is 11.7 Å². The highest BCUT2D eigenvalue weighted by Crippen LogP contribution is 2.29. The molecule has 1 fully saturated rings. The van der Waals surface area contributed by atoms with Crippen LogP contribution in [0.2, 0.25) is 0 Å². The zero-order valence-corrected chi connectivity index (χ0v) is 18.1. The number of carbonyl (C=O) groups excluding carboxylic acids is 2. The summed E-state index contributed by atoms with van der Waals surface area (Å²) >= 11 is 0. The zero-order valence-electron chi connectivity index (χ0n) is 18.1. The summed E-state index contributed by atoms with van der Waals surface area (Å²) in [5.74, 6) is -0.301. The van der Waals surface area contributed by atoms with Crippen molar-refractivity contribution in [3.63, 3.8) is 0 Å². The van der Waals surface area contributed by atoms with Crippen molar-refractivity contribution in [2.75, 3.05) is 32.1 Å². The van der Waals surface area contributed by atoms with E-state index in [1.54, 1.807) is 10.7 Å². The number of anilines is 1. The predicted octanol–water partition coefficient (Wildman–Crippen LogP) is 0.778. The van der Waals surface area contributed by atoms with Gasteiger partial charge in [0, 0.05) is 43.2 Å². The molecule has 1 aliphatic heterocycles. The van der Waals surface area contributed by atoms with E-state index in [1.807, 2.05) is 24.4 Å². The summed E-state index contributed by atoms with van der Waals surface area (Å²) in [6.07, 6.45) is 5.13. The monoisotopic (exact) mass is 437 g/mol. The lowest BCUT2D eigenvalue weighted by atomic mass is 10.1. The lowest BCUT2D eigenvalue weighted by Crippen LogP contribution is -2.29. The number of aromatic nitrogens is 3. The molecule has 10 nitrogen and oxygen atoms in total. The molecule has 0 spiro atoms. The molecule has 0 unspecified atom stereocenters. The molecule has 3 aromatic rings. The smallest absolute Gasteiger partial charge is 0.252 e. The molecule has 168 valence electrons. The number of nitrogens with two attached hydrogens (primary N) is 1. The van der Waals surface area contributed by atoms with Crippen LogP contribution in [0.5, 0.6) is 0 Å². The Morgan fingerprint density at radius 1 is 1.28 bits per heavy atom. The molecule has 4 rings (SSSR count). The Bertz CT molecular complexity index is 1130. The van der Waals surface area contributed by atoms with Gasteiger partial charge in [-0.05, 0) is 24.6 Å². The third-order valence-electron chi connectivity index (χ3n) is 5.65. The molecule has 3 aromatic heterocycles. The van der Waals surface area contributed by atoms with Crippen LogP contribution in [0.25, 0.3) is 16.6 Å². The van der Waals surface area contributed by atoms with Crippen LogP contribution in [0.3, 0.4) is 0 Å². The average molecular weight is 438 g/mol. The van der Waals surface area contributed by atoms with Crippen LogP contribution in [0.15, 0.2) is 36.8 Å². The second-order valence-corrected chi connectivity index (χ2v) is 7.99. The van der Waals surface area contributed by atoms with Gasteiger partial charge < -0.3 is 26.4 Å². The number of ether oxygens (including phenoxy) is 1. The van der Waals surface area contributed by atoms with Crippen molar-refractivity contribution in [1.82, 2.24) is 25.2 Å². The number of amides is 2. The van der Waals surface area contributed by atoms with E-state index < -0.39 is 5.91 Å². The number of hydrogen-bond donors (Lipinski definition) is 4. The third kappa shape index (κ3) is 4.56. The Kier molecular flexibility index (Phi) is 6.33. The van der Waals surface area contributed by atoms with Crippen LogP contribution in [-0.2, 0) is 16.1 Å². The maximum Gasteiger partial charge on any atom is 0.252 e. The topological polar surface area (TPSA) is 136 Å². The molecule has 1 aliphatic rings. The Hall–Kier alpha value is -3.50. The summed E-state index contributed by atoms with van der Waals surface area (Å²) in [7, 11) is 1.47. The molecular weight excluding hydrogens is 410 g/mol. The third-order valence-corrected chi connectivity index (χ3v) is 5.65. The van der Waals surface area contributed by atoms with Gasteiger partial charge in [-0.15, -0.1) is 0 Å². The van der Waals surface area contributed by atoms with Gasteiger partial charge in [0.15, 0.2) is 0 Å². The molecule has 2 amide bonds. The first-order valence-electron chi connectivity index (χ1n) is 10.5. The van der Waals surface area contributed by atoms with Gasteiger partial charge in [0.2, 0.25) is 5.91 Å². The van der Waals surface area contributed by atoms with Gasteiger partial charge in [0.25, 0.3) is 5.91 Å². The molecule has 0 aromatic carbocycles. The van der Waals surface area contributed by atoms with Crippen molar-refractivity contribution in [3.05, 3.63) is 48.0 Å². The maximum atomic E-state index is 12.1. The first-order chi connectivity index (χ1) is 15.5. The SMILES string of the molecule is COCC(=O)NCc1ccc(-c2cc3c(N[C@@H]4CNC[C@@H]4C)c(C(N)=O)cnn3c2)cn1. The number of primary amides is 1. The van der Waals surface area contributed by atoms with Crippen molar-refractivity contribution in [1.29, 1.82) is 0 Å². The summed E-state index contributed by atoms with van der Waals surface area (Å²) < 4.78 is 6.53. The lowest BCUT2D eigenvalue weighted by molar-refractivity contribution is -0.124. The fraction of sp³-hybridized carbons (Fsp3) is 0.364. The summed E-state index contributed by atoms with van der Waals surface area (Å²) in [6.45, 7) is 4.23. The molecule has 32 heavy (non-hydrogen) atoms. The van der Waals surface area contributed by atoms with Gasteiger partial charge in [0.05, 0.1) is 35.2 Å². The van der Waals surface area contributed by atoms with E-state index in [9.17, 15) is 9.59 Å². The summed E-state index contributed by atoms with van der Waals surface area (Å²) in [5.41, 5.74) is 9.98. The number of nitrogens with one attached hydrogen (secondary N) is 3. The van der Waals surface area contributed by atoms with Crippen LogP contribution in [0, 0.1) is 5.92 Å². The van der Waals surface area contributed by atoms with Gasteiger partial charge in [-0.1, -0.05) is 13.0 Å². The van der Waals surface area contributed by atoms with Gasteiger partial charge in [-0.25, -0.2) is 4.52 Å². The molecule has 2 atom stereocenters. The second kappa shape index (κ2) is 9.33. The molecule has 5 N–H and O–H groups in total. The van der Waals surface area contributed by atoms with Crippen molar-refractivity contribution in [2.45, 2.75) is 19.5 Å². The highest BCUT2D eigenvalue weighted by molar-refractivity contribution is 6.02. The summed E-state index contributed by atoms with van der Waals surface area (Å²) in [4.78, 5) is 28.0. The highest BCUT2D eigenvalue weighted by atomic mass is 16.5. The minimum atomic E-state index is -0.523. The van der Waals surface area contributed by atoms with Gasteiger partial charge >= 0.3 is 0 Å². The van der Waals surface area contributed by atoms with E-state index in [1.165, 1.54) is 13.3 Å². The van der Waals surface area contributed by atoms with E-state index >= 15 is 0 Å². The molecule has 1 saturated heterocycles. The van der Waals surface area contributed by atoms with Crippen molar-refractivity contribution >= 4 is 23.0 Å². The number of carbonyl (C=O) groups is 2. The summed E-state index contributed by atoms with van der Waals surface area (Å²) in [6, 6.07) is 5.95. The van der Waals surface area contributed by atoms with E-state index in [0.29, 0.717) is 23.7 Å². The maximum absolute atomic E-state index is 12.1. The van der Waals surface area contributed by atoms with Gasteiger partial charge in [-0.3, -0.25) is 14.6 Å². The number of pyridine rings is 1. The minimum Gasteiger partial charge on any atom is -0.378 e.